The van der Waals surface area contributed by atoms with Crippen LogP contribution in [0.2, 0.25) is 0 Å². The molecule has 0 aromatic heterocycles. The summed E-state index contributed by atoms with van der Waals surface area (Å²) >= 11 is 0. The number of hydrogen-bond acceptors (Lipinski definition) is 3. The largest absolute Gasteiger partial charge is 0.373 e. The maximum atomic E-state index is 12.6. The number of hydrogen-bond donors (Lipinski definition) is 1. The topological polar surface area (TPSA) is 58.6 Å². The highest BCUT2D eigenvalue weighted by atomic mass is 32.2. The van der Waals surface area contributed by atoms with E-state index < -0.39 is 10.2 Å². The predicted molar refractivity (Wildman–Crippen MR) is 79.6 cm³/mol. The predicted octanol–water partition coefficient (Wildman–Crippen LogP) is 1.75. The van der Waals surface area contributed by atoms with E-state index >= 15 is 0 Å². The lowest BCUT2D eigenvalue weighted by Crippen LogP contribution is -2.55. The van der Waals surface area contributed by atoms with Crippen LogP contribution in [0, 0.1) is 11.8 Å². The van der Waals surface area contributed by atoms with Gasteiger partial charge in [-0.05, 0) is 32.1 Å². The van der Waals surface area contributed by atoms with Crippen molar-refractivity contribution in [2.75, 3.05) is 13.1 Å². The number of rotatable bonds is 3. The Morgan fingerprint density at radius 3 is 2.25 bits per heavy atom. The van der Waals surface area contributed by atoms with Gasteiger partial charge in [-0.25, -0.2) is 0 Å². The van der Waals surface area contributed by atoms with Crippen molar-refractivity contribution in [1.29, 1.82) is 0 Å². The van der Waals surface area contributed by atoms with Crippen LogP contribution >= 0.6 is 0 Å². The van der Waals surface area contributed by atoms with Crippen molar-refractivity contribution in [3.63, 3.8) is 0 Å². The highest BCUT2D eigenvalue weighted by molar-refractivity contribution is 7.87. The van der Waals surface area contributed by atoms with Crippen molar-refractivity contribution in [1.82, 2.24) is 9.03 Å². The van der Waals surface area contributed by atoms with Crippen LogP contribution in [0.1, 0.15) is 47.0 Å². The van der Waals surface area contributed by atoms with E-state index in [1.165, 1.54) is 10.7 Å². The second kappa shape index (κ2) is 6.30. The van der Waals surface area contributed by atoms with Gasteiger partial charge >= 0.3 is 0 Å². The number of nitrogens with one attached hydrogen (secondary N) is 1. The molecule has 1 aliphatic carbocycles. The Morgan fingerprint density at radius 2 is 1.65 bits per heavy atom. The zero-order valence-corrected chi connectivity index (χ0v) is 13.8. The van der Waals surface area contributed by atoms with Crippen LogP contribution in [-0.4, -0.2) is 44.1 Å². The minimum absolute atomic E-state index is 0.0435. The molecule has 20 heavy (non-hydrogen) atoms. The fraction of sp³-hybridized carbons (Fsp3) is 1.00. The molecule has 0 spiro atoms. The van der Waals surface area contributed by atoms with E-state index in [2.05, 4.69) is 18.6 Å². The van der Waals surface area contributed by atoms with Crippen LogP contribution < -0.4 is 4.72 Å². The summed E-state index contributed by atoms with van der Waals surface area (Å²) in [6.45, 7) is 9.09. The summed E-state index contributed by atoms with van der Waals surface area (Å²) in [5.41, 5.74) is 0. The van der Waals surface area contributed by atoms with Gasteiger partial charge in [-0.15, -0.1) is 0 Å². The van der Waals surface area contributed by atoms with Gasteiger partial charge in [0.15, 0.2) is 0 Å². The molecule has 0 bridgehead atoms. The highest BCUT2D eigenvalue weighted by Crippen LogP contribution is 2.30. The Bertz CT molecular complexity index is 416. The molecule has 0 aromatic carbocycles. The standard InChI is InChI=1S/C14H28N2O3S/c1-10-6-5-7-14(13(10)4)15-20(17,18)16-8-11(2)19-12(3)9-16/h10-15H,5-9H2,1-4H3/t10-,11+,12+,13-,14+/m0/s1. The summed E-state index contributed by atoms with van der Waals surface area (Å²) in [5, 5.41) is 0. The third kappa shape index (κ3) is 3.72. The Balaban J connectivity index is 2.03. The molecule has 0 amide bonds. The number of nitrogens with zero attached hydrogens (tertiary/aromatic N) is 1. The SMILES string of the molecule is C[C@H]1[C@@H](C)CCC[C@H]1NS(=O)(=O)N1C[C@@H](C)O[C@H](C)C1. The van der Waals surface area contributed by atoms with Gasteiger partial charge in [-0.3, -0.25) is 0 Å². The van der Waals surface area contributed by atoms with Crippen LogP contribution in [0.15, 0.2) is 0 Å². The Hall–Kier alpha value is -0.170. The maximum Gasteiger partial charge on any atom is 0.279 e. The molecule has 2 fully saturated rings. The first-order chi connectivity index (χ1) is 9.29. The van der Waals surface area contributed by atoms with Crippen LogP contribution in [0.4, 0.5) is 0 Å². The van der Waals surface area contributed by atoms with Gasteiger partial charge in [0, 0.05) is 19.1 Å². The molecule has 5 atom stereocenters. The Kier molecular flexibility index (Phi) is 5.10. The summed E-state index contributed by atoms with van der Waals surface area (Å²) in [6.07, 6.45) is 3.16. The molecule has 0 aromatic rings. The lowest BCUT2D eigenvalue weighted by molar-refractivity contribution is -0.0445. The van der Waals surface area contributed by atoms with Gasteiger partial charge in [-0.2, -0.15) is 17.4 Å². The normalized spacial score (nSPS) is 40.7. The Labute approximate surface area is 123 Å². The lowest BCUT2D eigenvalue weighted by Gasteiger charge is -2.38. The number of ether oxygens (including phenoxy) is 1. The molecule has 0 unspecified atom stereocenters. The minimum Gasteiger partial charge on any atom is -0.373 e. The van der Waals surface area contributed by atoms with Crippen molar-refractivity contribution in [3.8, 4) is 0 Å². The third-order valence-corrected chi connectivity index (χ3v) is 6.31. The minimum atomic E-state index is -3.40. The first-order valence-electron chi connectivity index (χ1n) is 7.72. The van der Waals surface area contributed by atoms with Gasteiger partial charge in [-0.1, -0.05) is 26.7 Å². The second-order valence-electron chi connectivity index (χ2n) is 6.57. The summed E-state index contributed by atoms with van der Waals surface area (Å²) < 4.78 is 35.2. The van der Waals surface area contributed by atoms with E-state index in [9.17, 15) is 8.42 Å². The molecule has 1 saturated carbocycles. The molecule has 2 rings (SSSR count). The Morgan fingerprint density at radius 1 is 1.05 bits per heavy atom. The average Bonchev–Trinajstić information content (AvgIpc) is 2.33. The highest BCUT2D eigenvalue weighted by Gasteiger charge is 2.35. The van der Waals surface area contributed by atoms with Gasteiger partial charge in [0.1, 0.15) is 0 Å². The van der Waals surface area contributed by atoms with E-state index in [1.807, 2.05) is 13.8 Å². The van der Waals surface area contributed by atoms with E-state index in [0.29, 0.717) is 24.9 Å². The zero-order chi connectivity index (χ0) is 14.9. The van der Waals surface area contributed by atoms with Gasteiger partial charge in [0.25, 0.3) is 10.2 Å². The van der Waals surface area contributed by atoms with Crippen molar-refractivity contribution >= 4 is 10.2 Å². The zero-order valence-electron chi connectivity index (χ0n) is 13.0. The average molecular weight is 304 g/mol. The van der Waals surface area contributed by atoms with Crippen LogP contribution in [-0.2, 0) is 14.9 Å². The summed E-state index contributed by atoms with van der Waals surface area (Å²) in [6, 6.07) is 0.0669. The third-order valence-electron chi connectivity index (χ3n) is 4.73. The molecular formula is C14H28N2O3S. The van der Waals surface area contributed by atoms with Crippen LogP contribution in [0.5, 0.6) is 0 Å². The fourth-order valence-corrected chi connectivity index (χ4v) is 5.02. The molecule has 0 radical (unpaired) electrons. The first-order valence-corrected chi connectivity index (χ1v) is 9.16. The number of morpholine rings is 1. The maximum absolute atomic E-state index is 12.6. The molecule has 6 heteroatoms. The van der Waals surface area contributed by atoms with Crippen molar-refractivity contribution < 1.29 is 13.2 Å². The van der Waals surface area contributed by atoms with Gasteiger partial charge in [0.05, 0.1) is 12.2 Å². The van der Waals surface area contributed by atoms with E-state index in [0.717, 1.165) is 12.8 Å². The van der Waals surface area contributed by atoms with E-state index in [-0.39, 0.29) is 18.2 Å². The monoisotopic (exact) mass is 304 g/mol. The van der Waals surface area contributed by atoms with Crippen molar-refractivity contribution in [2.24, 2.45) is 11.8 Å². The fourth-order valence-electron chi connectivity index (χ4n) is 3.34. The summed E-state index contributed by atoms with van der Waals surface area (Å²) in [7, 11) is -3.40. The van der Waals surface area contributed by atoms with Crippen LogP contribution in [0.3, 0.4) is 0 Å². The summed E-state index contributed by atoms with van der Waals surface area (Å²) in [5.74, 6) is 0.980. The van der Waals surface area contributed by atoms with E-state index in [4.69, 9.17) is 4.74 Å². The van der Waals surface area contributed by atoms with Crippen molar-refractivity contribution in [3.05, 3.63) is 0 Å². The van der Waals surface area contributed by atoms with Crippen molar-refractivity contribution in [2.45, 2.75) is 65.2 Å². The van der Waals surface area contributed by atoms with Gasteiger partial charge in [0.2, 0.25) is 0 Å². The molecule has 2 aliphatic rings. The van der Waals surface area contributed by atoms with Crippen LogP contribution in [0.25, 0.3) is 0 Å². The molecule has 1 N–H and O–H groups in total. The quantitative estimate of drug-likeness (QED) is 0.864. The van der Waals surface area contributed by atoms with E-state index in [1.54, 1.807) is 0 Å². The smallest absolute Gasteiger partial charge is 0.279 e. The van der Waals surface area contributed by atoms with Gasteiger partial charge < -0.3 is 4.74 Å². The molecule has 1 saturated heterocycles. The molecule has 118 valence electrons. The molecular weight excluding hydrogens is 276 g/mol. The lowest BCUT2D eigenvalue weighted by atomic mass is 9.78. The molecule has 1 heterocycles. The summed E-state index contributed by atoms with van der Waals surface area (Å²) in [4.78, 5) is 0. The first kappa shape index (κ1) is 16.2. The molecule has 1 aliphatic heterocycles. The molecule has 5 nitrogen and oxygen atoms in total. The second-order valence-corrected chi connectivity index (χ2v) is 8.27.